The molecule has 23 heteroatoms. The molecule has 2 heterocycles. The fourth-order valence-corrected chi connectivity index (χ4v) is 17.5. The summed E-state index contributed by atoms with van der Waals surface area (Å²) in [6.07, 6.45) is -5.48. The van der Waals surface area contributed by atoms with Gasteiger partial charge in [0.25, 0.3) is 0 Å². The number of hydrogen-bond acceptors (Lipinski definition) is 18. The Morgan fingerprint density at radius 1 is 0.534 bits per heavy atom. The van der Waals surface area contributed by atoms with Gasteiger partial charge in [-0.25, -0.2) is 14.4 Å². The van der Waals surface area contributed by atoms with Gasteiger partial charge < -0.3 is 45.9 Å². The topological polar surface area (TPSA) is 230 Å². The highest BCUT2D eigenvalue weighted by Gasteiger charge is 2.53. The number of carbonyl (C=O) groups excluding carboxylic acids is 2. The van der Waals surface area contributed by atoms with Crippen LogP contribution in [0.3, 0.4) is 0 Å². The lowest BCUT2D eigenvalue weighted by Gasteiger charge is -2.28. The summed E-state index contributed by atoms with van der Waals surface area (Å²) in [7, 11) is -13.8. The number of benzene rings is 5. The highest BCUT2D eigenvalue weighted by atomic mass is 31.3. The zero-order valence-electron chi connectivity index (χ0n) is 40.0. The summed E-state index contributed by atoms with van der Waals surface area (Å²) in [4.78, 5) is 45.6. The summed E-state index contributed by atoms with van der Waals surface area (Å²) >= 11 is 0. The smallest absolute Gasteiger partial charge is 0.350 e. The predicted octanol–water partition coefficient (Wildman–Crippen LogP) is 10.5. The van der Waals surface area contributed by atoms with Crippen LogP contribution in [0.4, 0.5) is 0 Å². The van der Waals surface area contributed by atoms with Crippen molar-refractivity contribution in [2.24, 2.45) is 0 Å². The van der Waals surface area contributed by atoms with E-state index >= 15 is 4.57 Å². The molecular formula is C50H54N2O17P4. The average molecular weight is 1080 g/mol. The van der Waals surface area contributed by atoms with Gasteiger partial charge in [0.15, 0.2) is 18.4 Å². The summed E-state index contributed by atoms with van der Waals surface area (Å²) in [6, 6.07) is 43.4. The normalized spacial score (nSPS) is 18.6. The first-order valence-corrected chi connectivity index (χ1v) is 29.8. The molecule has 73 heavy (non-hydrogen) atoms. The second-order valence-electron chi connectivity index (χ2n) is 16.4. The van der Waals surface area contributed by atoms with Crippen LogP contribution in [0.5, 0.6) is 0 Å². The van der Waals surface area contributed by atoms with E-state index in [1.54, 1.807) is 127 Å². The first-order chi connectivity index (χ1) is 35.1. The lowest BCUT2D eigenvalue weighted by molar-refractivity contribution is -0.0587. The predicted molar refractivity (Wildman–Crippen MR) is 268 cm³/mol. The third-order valence-corrected chi connectivity index (χ3v) is 22.0. The summed E-state index contributed by atoms with van der Waals surface area (Å²) < 4.78 is 117. The van der Waals surface area contributed by atoms with E-state index in [0.717, 1.165) is 11.7 Å². The molecule has 6 aromatic rings. The van der Waals surface area contributed by atoms with Crippen molar-refractivity contribution in [3.05, 3.63) is 208 Å². The Labute approximate surface area is 422 Å². The average Bonchev–Trinajstić information content (AvgIpc) is 3.74. The number of hydrogen-bond donors (Lipinski definition) is 0. The zero-order chi connectivity index (χ0) is 51.9. The molecule has 7 rings (SSSR count). The number of aromatic nitrogens is 2. The van der Waals surface area contributed by atoms with E-state index in [4.69, 9.17) is 45.9 Å². The molecule has 1 fully saturated rings. The minimum absolute atomic E-state index is 0.0245. The van der Waals surface area contributed by atoms with E-state index in [9.17, 15) is 28.1 Å². The molecule has 1 aliphatic heterocycles. The molecule has 1 aromatic heterocycles. The van der Waals surface area contributed by atoms with Crippen molar-refractivity contribution in [1.82, 2.24) is 9.55 Å². The molecule has 0 amide bonds. The third-order valence-electron chi connectivity index (χ3n) is 11.2. The highest BCUT2D eigenvalue weighted by Crippen LogP contribution is 2.71. The minimum atomic E-state index is -4.66. The van der Waals surface area contributed by atoms with Crippen LogP contribution in [0.25, 0.3) is 0 Å². The second-order valence-corrected chi connectivity index (χ2v) is 26.4. The number of nitrogens with zero attached hydrogens (tertiary/aromatic N) is 2. The Bertz CT molecular complexity index is 2960. The van der Waals surface area contributed by atoms with Crippen molar-refractivity contribution in [2.75, 3.05) is 39.7 Å². The van der Waals surface area contributed by atoms with E-state index in [2.05, 4.69) is 4.98 Å². The minimum Gasteiger partial charge on any atom is -0.452 e. The summed E-state index contributed by atoms with van der Waals surface area (Å²) in [6.45, 7) is -1.46. The number of carbonyl (C=O) groups is 2. The maximum atomic E-state index is 15.4. The first kappa shape index (κ1) is 55.3. The van der Waals surface area contributed by atoms with Crippen LogP contribution in [0.1, 0.15) is 49.3 Å². The molecule has 5 aromatic carbocycles. The van der Waals surface area contributed by atoms with Gasteiger partial charge in [-0.15, -0.1) is 0 Å². The molecule has 1 saturated heterocycles. The zero-order valence-corrected chi connectivity index (χ0v) is 43.5. The van der Waals surface area contributed by atoms with Crippen LogP contribution >= 0.6 is 30.2 Å². The molecular weight excluding hydrogens is 1020 g/mol. The van der Waals surface area contributed by atoms with Gasteiger partial charge in [-0.3, -0.25) is 22.8 Å². The summed E-state index contributed by atoms with van der Waals surface area (Å²) in [5.74, 6) is -3.62. The Balaban J connectivity index is 1.22. The quantitative estimate of drug-likeness (QED) is 0.0363. The molecule has 1 aliphatic rings. The van der Waals surface area contributed by atoms with Crippen molar-refractivity contribution in [3.8, 4) is 0 Å². The van der Waals surface area contributed by atoms with Gasteiger partial charge in [0, 0.05) is 27.5 Å². The van der Waals surface area contributed by atoms with Crippen molar-refractivity contribution >= 4 is 42.1 Å². The molecule has 0 bridgehead atoms. The van der Waals surface area contributed by atoms with E-state index in [-0.39, 0.29) is 42.8 Å². The Morgan fingerprint density at radius 3 is 1.41 bits per heavy atom. The molecule has 0 spiro atoms. The first-order valence-electron chi connectivity index (χ1n) is 22.6. The molecule has 19 nitrogen and oxygen atoms in total. The van der Waals surface area contributed by atoms with Gasteiger partial charge in [0.1, 0.15) is 17.9 Å². The molecule has 0 saturated carbocycles. The lowest BCUT2D eigenvalue weighted by atomic mass is 10.1. The van der Waals surface area contributed by atoms with Crippen LogP contribution < -0.4 is 5.69 Å². The maximum Gasteiger partial charge on any atom is 0.350 e. The summed E-state index contributed by atoms with van der Waals surface area (Å²) in [5, 5.41) is 0. The second kappa shape index (κ2) is 25.6. The standard InChI is InChI=1S/C50H54N2O17P4/c1-60-71(57,61-2)35-43-29-30-52(50(55)51-43)47-46(69-49(54)42-27-17-8-18-28-42)45(68-48(53)41-25-15-7-16-26-41)44(67-47)34-66-72(58,62-3)36-70(56,63-31-38-19-9-4-10-20-38)37-73(59,64-32-39-21-11-5-12-22-39)65-33-40-23-13-6-14-24-40/h4-30,44-47H,31-37H2,1-3H3/t44-,45-,46-,47-,70?,72?/m1/s1. The van der Waals surface area contributed by atoms with Gasteiger partial charge >= 0.3 is 40.4 Å². The van der Waals surface area contributed by atoms with Crippen LogP contribution in [0, 0.1) is 0 Å². The molecule has 2 unspecified atom stereocenters. The number of ether oxygens (including phenoxy) is 3. The fraction of sp³-hybridized carbons (Fsp3) is 0.280. The van der Waals surface area contributed by atoms with Gasteiger partial charge in [0.2, 0.25) is 7.37 Å². The van der Waals surface area contributed by atoms with Gasteiger partial charge in [-0.05, 0) is 47.0 Å². The SMILES string of the molecule is COP(=O)(Cc1ccn([C@@H]2O[C@H](COP(=O)(CP(=O)(CP(=O)(OCc3ccccc3)OCc3ccccc3)OCc3ccccc3)OC)[C@@H](OC(=O)c3ccccc3)[C@H]2OC(=O)c2ccccc2)c(=O)n1)OC. The Morgan fingerprint density at radius 2 is 0.959 bits per heavy atom. The molecule has 0 aliphatic carbocycles. The molecule has 0 N–H and O–H groups in total. The molecule has 6 atom stereocenters. The number of rotatable bonds is 26. The Kier molecular flexibility index (Phi) is 19.4. The molecule has 386 valence electrons. The fourth-order valence-electron chi connectivity index (χ4n) is 7.37. The van der Waals surface area contributed by atoms with Crippen LogP contribution in [-0.4, -0.2) is 79.5 Å². The van der Waals surface area contributed by atoms with Gasteiger partial charge in [-0.2, -0.15) is 4.98 Å². The van der Waals surface area contributed by atoms with Crippen molar-refractivity contribution in [1.29, 1.82) is 0 Å². The van der Waals surface area contributed by atoms with Crippen molar-refractivity contribution < 1.29 is 73.7 Å². The summed E-state index contributed by atoms with van der Waals surface area (Å²) in [5.41, 5.74) is 1.10. The lowest BCUT2D eigenvalue weighted by Crippen LogP contribution is -2.42. The third kappa shape index (κ3) is 15.5. The van der Waals surface area contributed by atoms with E-state index in [1.165, 1.54) is 50.7 Å². The molecule has 0 radical (unpaired) electrons. The van der Waals surface area contributed by atoms with Crippen LogP contribution in [-0.2, 0) is 90.1 Å². The van der Waals surface area contributed by atoms with Crippen LogP contribution in [0.2, 0.25) is 0 Å². The maximum absolute atomic E-state index is 15.4. The van der Waals surface area contributed by atoms with Gasteiger partial charge in [0.05, 0.1) is 49.4 Å². The Hall–Kier alpha value is -5.48. The van der Waals surface area contributed by atoms with E-state index in [0.29, 0.717) is 16.7 Å². The number of esters is 2. The van der Waals surface area contributed by atoms with E-state index in [1.807, 2.05) is 0 Å². The van der Waals surface area contributed by atoms with E-state index < -0.39 is 90.7 Å². The van der Waals surface area contributed by atoms with Crippen molar-refractivity contribution in [2.45, 2.75) is 50.5 Å². The van der Waals surface area contributed by atoms with Crippen molar-refractivity contribution in [3.63, 3.8) is 0 Å². The monoisotopic (exact) mass is 1080 g/mol. The highest BCUT2D eigenvalue weighted by molar-refractivity contribution is 7.80. The largest absolute Gasteiger partial charge is 0.452 e. The van der Waals surface area contributed by atoms with Gasteiger partial charge in [-0.1, -0.05) is 127 Å². The van der Waals surface area contributed by atoms with Crippen LogP contribution in [0.15, 0.2) is 169 Å².